The molecule has 5 nitrogen and oxygen atoms in total. The van der Waals surface area contributed by atoms with Gasteiger partial charge in [-0.1, -0.05) is 24.6 Å². The van der Waals surface area contributed by atoms with Crippen LogP contribution in [0, 0.1) is 16.7 Å². The quantitative estimate of drug-likeness (QED) is 0.552. The topological polar surface area (TPSA) is 74.4 Å². The molecule has 0 aliphatic carbocycles. The Labute approximate surface area is 158 Å². The Bertz CT molecular complexity index is 834. The van der Waals surface area contributed by atoms with E-state index in [0.717, 1.165) is 22.6 Å². The molecule has 0 spiro atoms. The van der Waals surface area contributed by atoms with E-state index < -0.39 is 0 Å². The van der Waals surface area contributed by atoms with Crippen molar-refractivity contribution in [3.63, 3.8) is 0 Å². The van der Waals surface area contributed by atoms with E-state index in [4.69, 9.17) is 22.4 Å². The van der Waals surface area contributed by atoms with E-state index in [2.05, 4.69) is 4.90 Å². The highest BCUT2D eigenvalue weighted by Crippen LogP contribution is 2.39. The number of hydrogen-bond donors (Lipinski definition) is 3. The van der Waals surface area contributed by atoms with Crippen LogP contribution in [0.2, 0.25) is 5.02 Å². The molecule has 1 aliphatic rings. The maximum atomic E-state index is 9.31. The van der Waals surface area contributed by atoms with Gasteiger partial charge in [0, 0.05) is 29.8 Å². The monoisotopic (exact) mass is 370 g/mol. The lowest BCUT2D eigenvalue weighted by Crippen LogP contribution is -2.38. The molecule has 136 valence electrons. The van der Waals surface area contributed by atoms with E-state index in [1.165, 1.54) is 0 Å². The lowest BCUT2D eigenvalue weighted by Gasteiger charge is -2.27. The van der Waals surface area contributed by atoms with Crippen molar-refractivity contribution in [2.45, 2.75) is 20.3 Å². The molecule has 26 heavy (non-hydrogen) atoms. The summed E-state index contributed by atoms with van der Waals surface area (Å²) in [5, 5.41) is 26.7. The highest BCUT2D eigenvalue weighted by atomic mass is 35.5. The van der Waals surface area contributed by atoms with Crippen molar-refractivity contribution in [3.05, 3.63) is 53.1 Å². The van der Waals surface area contributed by atoms with Crippen LogP contribution in [0.25, 0.3) is 0 Å². The number of nitrogens with zero attached hydrogens (tertiary/aromatic N) is 2. The van der Waals surface area contributed by atoms with Crippen LogP contribution < -0.4 is 9.80 Å². The van der Waals surface area contributed by atoms with Gasteiger partial charge in [-0.05, 0) is 55.3 Å². The van der Waals surface area contributed by atoms with Crippen LogP contribution in [0.15, 0.2) is 42.5 Å². The van der Waals surface area contributed by atoms with E-state index in [9.17, 15) is 5.11 Å². The van der Waals surface area contributed by atoms with Gasteiger partial charge in [-0.25, -0.2) is 0 Å². The summed E-state index contributed by atoms with van der Waals surface area (Å²) in [4.78, 5) is 3.85. The Balaban J connectivity index is 2.20. The molecule has 0 aromatic heterocycles. The van der Waals surface area contributed by atoms with E-state index in [1.807, 2.05) is 49.4 Å². The molecule has 0 unspecified atom stereocenters. The Hall–Kier alpha value is -2.37. The van der Waals surface area contributed by atoms with Crippen molar-refractivity contribution in [1.29, 1.82) is 10.8 Å². The van der Waals surface area contributed by atoms with Crippen LogP contribution in [0.5, 0.6) is 0 Å². The zero-order chi connectivity index (χ0) is 18.8. The third-order valence-corrected chi connectivity index (χ3v) is 4.86. The minimum atomic E-state index is -0.0559. The lowest BCUT2D eigenvalue weighted by atomic mass is 10.1. The molecule has 1 heterocycles. The minimum absolute atomic E-state index is 0.0559. The number of halogens is 1. The van der Waals surface area contributed by atoms with Gasteiger partial charge in [-0.2, -0.15) is 0 Å². The molecule has 3 rings (SSSR count). The lowest BCUT2D eigenvalue weighted by molar-refractivity contribution is 0.299. The fraction of sp³-hybridized carbons (Fsp3) is 0.300. The smallest absolute Gasteiger partial charge is 0.111 e. The minimum Gasteiger partial charge on any atom is -0.396 e. The first kappa shape index (κ1) is 18.4. The summed E-state index contributed by atoms with van der Waals surface area (Å²) >= 11 is 6.05. The van der Waals surface area contributed by atoms with Crippen LogP contribution in [0.1, 0.15) is 19.4 Å². The predicted octanol–water partition coefficient (Wildman–Crippen LogP) is 4.44. The Morgan fingerprint density at radius 3 is 2.50 bits per heavy atom. The number of benzene rings is 2. The molecule has 2 aromatic carbocycles. The van der Waals surface area contributed by atoms with Gasteiger partial charge >= 0.3 is 0 Å². The summed E-state index contributed by atoms with van der Waals surface area (Å²) in [5.41, 5.74) is 3.75. The Morgan fingerprint density at radius 1 is 1.19 bits per heavy atom. The first-order valence-corrected chi connectivity index (χ1v) is 9.00. The van der Waals surface area contributed by atoms with Gasteiger partial charge in [-0.15, -0.1) is 0 Å². The second kappa shape index (κ2) is 7.48. The summed E-state index contributed by atoms with van der Waals surface area (Å²) in [7, 11) is 0. The first-order chi connectivity index (χ1) is 12.4. The summed E-state index contributed by atoms with van der Waals surface area (Å²) in [6, 6.07) is 13.6. The molecule has 6 heteroatoms. The molecule has 0 bridgehead atoms. The summed E-state index contributed by atoms with van der Waals surface area (Å²) in [6.07, 6.45) is 0.568. The van der Waals surface area contributed by atoms with Crippen molar-refractivity contribution >= 4 is 40.3 Å². The average Bonchev–Trinajstić information content (AvgIpc) is 2.71. The molecule has 0 saturated heterocycles. The van der Waals surface area contributed by atoms with Gasteiger partial charge in [0.2, 0.25) is 0 Å². The second-order valence-corrected chi connectivity index (χ2v) is 7.03. The molecule has 0 radical (unpaired) electrons. The largest absolute Gasteiger partial charge is 0.396 e. The maximum absolute atomic E-state index is 9.31. The zero-order valence-electron chi connectivity index (χ0n) is 15.0. The number of aliphatic hydroxyl groups excluding tert-OH is 1. The van der Waals surface area contributed by atoms with Gasteiger partial charge in [0.1, 0.15) is 11.7 Å². The van der Waals surface area contributed by atoms with Crippen molar-refractivity contribution in [3.8, 4) is 0 Å². The third-order valence-electron chi connectivity index (χ3n) is 4.61. The molecule has 1 aliphatic heterocycles. The van der Waals surface area contributed by atoms with Crippen LogP contribution in [-0.4, -0.2) is 29.9 Å². The zero-order valence-corrected chi connectivity index (χ0v) is 15.7. The number of aliphatic hydroxyl groups is 1. The van der Waals surface area contributed by atoms with Gasteiger partial charge in [0.05, 0.1) is 11.4 Å². The summed E-state index contributed by atoms with van der Waals surface area (Å²) in [6.45, 7) is 4.41. The fourth-order valence-corrected chi connectivity index (χ4v) is 3.42. The van der Waals surface area contributed by atoms with Crippen LogP contribution in [0.4, 0.5) is 17.1 Å². The third kappa shape index (κ3) is 3.45. The van der Waals surface area contributed by atoms with E-state index in [-0.39, 0.29) is 12.5 Å². The van der Waals surface area contributed by atoms with Crippen LogP contribution in [-0.2, 0) is 6.42 Å². The second-order valence-electron chi connectivity index (χ2n) is 6.59. The Morgan fingerprint density at radius 2 is 1.88 bits per heavy atom. The molecule has 2 aromatic rings. The van der Waals surface area contributed by atoms with Crippen molar-refractivity contribution < 1.29 is 5.11 Å². The number of nitrogens with one attached hydrogen (secondary N) is 2. The highest BCUT2D eigenvalue weighted by Gasteiger charge is 2.30. The van der Waals surface area contributed by atoms with Crippen LogP contribution in [0.3, 0.4) is 0 Å². The molecule has 0 amide bonds. The molecule has 0 fully saturated rings. The number of anilines is 3. The van der Waals surface area contributed by atoms with Gasteiger partial charge in [-0.3, -0.25) is 15.7 Å². The first-order valence-electron chi connectivity index (χ1n) is 8.63. The molecular weight excluding hydrogens is 348 g/mol. The average molecular weight is 371 g/mol. The highest BCUT2D eigenvalue weighted by molar-refractivity contribution is 6.30. The summed E-state index contributed by atoms with van der Waals surface area (Å²) < 4.78 is 0. The van der Waals surface area contributed by atoms with Crippen molar-refractivity contribution in [1.82, 2.24) is 0 Å². The van der Waals surface area contributed by atoms with Crippen molar-refractivity contribution in [2.75, 3.05) is 23.0 Å². The fourth-order valence-electron chi connectivity index (χ4n) is 3.29. The number of fused-ring (bicyclic) bond motifs is 1. The number of rotatable bonds is 3. The number of hydrogen-bond acceptors (Lipinski definition) is 4. The standard InChI is InChI=1S/C20H23ClN4O/c1-13-12-24(17-6-4-16(21)5-7-17)19-11-15(9-10-26)3-8-18(19)25(14(2)22)20(13)23/h3-8,11,13,22-23,26H,9-10,12H2,1-2H3/t13-/m1/s1. The SMILES string of the molecule is CC(=N)N1C(=N)[C@H](C)CN(c2ccc(Cl)cc2)c2cc(CCO)ccc21. The Kier molecular flexibility index (Phi) is 5.30. The van der Waals surface area contributed by atoms with Crippen molar-refractivity contribution in [2.24, 2.45) is 5.92 Å². The molecule has 0 saturated carbocycles. The van der Waals surface area contributed by atoms with E-state index >= 15 is 0 Å². The normalized spacial score (nSPS) is 17.1. The molecular formula is C20H23ClN4O. The van der Waals surface area contributed by atoms with E-state index in [0.29, 0.717) is 29.7 Å². The number of amidine groups is 2. The summed E-state index contributed by atoms with van der Waals surface area (Å²) in [5.74, 6) is 0.667. The molecule has 1 atom stereocenters. The van der Waals surface area contributed by atoms with Gasteiger partial charge in [0.15, 0.2) is 0 Å². The van der Waals surface area contributed by atoms with Gasteiger partial charge < -0.3 is 10.0 Å². The maximum Gasteiger partial charge on any atom is 0.111 e. The predicted molar refractivity (Wildman–Crippen MR) is 108 cm³/mol. The molecule has 3 N–H and O–H groups in total. The van der Waals surface area contributed by atoms with E-state index in [1.54, 1.807) is 11.8 Å². The van der Waals surface area contributed by atoms with Crippen LogP contribution >= 0.6 is 11.6 Å². The van der Waals surface area contributed by atoms with Gasteiger partial charge in [0.25, 0.3) is 0 Å².